The van der Waals surface area contributed by atoms with Gasteiger partial charge in [-0.2, -0.15) is 0 Å². The van der Waals surface area contributed by atoms with E-state index in [1.807, 2.05) is 12.1 Å². The average Bonchev–Trinajstić information content (AvgIpc) is 2.91. The first kappa shape index (κ1) is 27.8. The van der Waals surface area contributed by atoms with E-state index in [0.717, 1.165) is 23.2 Å². The van der Waals surface area contributed by atoms with Crippen LogP contribution in [0.2, 0.25) is 0 Å². The zero-order valence-corrected chi connectivity index (χ0v) is 23.2. The second-order valence-corrected chi connectivity index (χ2v) is 10.5. The van der Waals surface area contributed by atoms with Gasteiger partial charge in [0.25, 0.3) is 0 Å². The Morgan fingerprint density at radius 2 is 0.917 bits per heavy atom. The lowest BCUT2D eigenvalue weighted by molar-refractivity contribution is 0.449. The summed E-state index contributed by atoms with van der Waals surface area (Å²) in [5.74, 6) is 1.56. The molecule has 2 atom stereocenters. The lowest BCUT2D eigenvalue weighted by Crippen LogP contribution is -2.11. The van der Waals surface area contributed by atoms with Crippen molar-refractivity contribution in [2.24, 2.45) is 11.8 Å². The number of rotatable bonds is 15. The Balaban J connectivity index is 1.83. The van der Waals surface area contributed by atoms with Crippen molar-refractivity contribution in [3.05, 3.63) is 83.9 Å². The van der Waals surface area contributed by atoms with Crippen molar-refractivity contribution in [2.75, 3.05) is 10.6 Å². The van der Waals surface area contributed by atoms with E-state index in [-0.39, 0.29) is 0 Å². The molecule has 0 heterocycles. The van der Waals surface area contributed by atoms with Crippen LogP contribution in [0.5, 0.6) is 0 Å². The van der Waals surface area contributed by atoms with Gasteiger partial charge >= 0.3 is 0 Å². The fourth-order valence-corrected chi connectivity index (χ4v) is 5.19. The van der Waals surface area contributed by atoms with Crippen molar-refractivity contribution in [3.8, 4) is 0 Å². The van der Waals surface area contributed by atoms with Gasteiger partial charge in [0.1, 0.15) is 0 Å². The Morgan fingerprint density at radius 3 is 1.25 bits per heavy atom. The smallest absolute Gasteiger partial charge is 0.0463 e. The summed E-state index contributed by atoms with van der Waals surface area (Å²) >= 11 is 0. The summed E-state index contributed by atoms with van der Waals surface area (Å²) in [6, 6.07) is 26.6. The minimum atomic E-state index is 0.779. The number of hydrogen-bond acceptors (Lipinski definition) is 2. The Labute approximate surface area is 220 Å². The summed E-state index contributed by atoms with van der Waals surface area (Å²) in [5, 5.41) is 0. The van der Waals surface area contributed by atoms with Crippen LogP contribution in [0.3, 0.4) is 0 Å². The van der Waals surface area contributed by atoms with Crippen LogP contribution >= 0.6 is 0 Å². The van der Waals surface area contributed by atoms with Crippen LogP contribution in [-0.2, 0) is 12.8 Å². The van der Waals surface area contributed by atoms with Gasteiger partial charge in [0.05, 0.1) is 0 Å². The molecule has 0 fully saturated rings. The van der Waals surface area contributed by atoms with E-state index in [1.54, 1.807) is 0 Å². The SMILES string of the molecule is CCCCC(CC)Cc1ccc(N(c2ccc(N)cc2)c2ccc(CC(CC)CCCC)cc2)cc1. The van der Waals surface area contributed by atoms with Crippen molar-refractivity contribution >= 4 is 22.7 Å². The summed E-state index contributed by atoms with van der Waals surface area (Å²) in [4.78, 5) is 2.34. The van der Waals surface area contributed by atoms with Crippen LogP contribution in [0.15, 0.2) is 72.8 Å². The van der Waals surface area contributed by atoms with Crippen molar-refractivity contribution in [1.82, 2.24) is 0 Å². The molecule has 2 heteroatoms. The fourth-order valence-electron chi connectivity index (χ4n) is 5.19. The second-order valence-electron chi connectivity index (χ2n) is 10.5. The van der Waals surface area contributed by atoms with Crippen molar-refractivity contribution < 1.29 is 0 Å². The quantitative estimate of drug-likeness (QED) is 0.217. The van der Waals surface area contributed by atoms with Crippen LogP contribution < -0.4 is 10.6 Å². The molecule has 3 rings (SSSR count). The van der Waals surface area contributed by atoms with Crippen LogP contribution in [0.4, 0.5) is 22.7 Å². The van der Waals surface area contributed by atoms with Crippen molar-refractivity contribution in [1.29, 1.82) is 0 Å². The number of nitrogen functional groups attached to an aromatic ring is 1. The van der Waals surface area contributed by atoms with Gasteiger partial charge in [-0.3, -0.25) is 0 Å². The highest BCUT2D eigenvalue weighted by molar-refractivity contribution is 5.77. The molecule has 0 bridgehead atoms. The zero-order chi connectivity index (χ0) is 25.8. The van der Waals surface area contributed by atoms with Gasteiger partial charge < -0.3 is 10.6 Å². The Bertz CT molecular complexity index is 927. The molecule has 0 aliphatic rings. The second kappa shape index (κ2) is 14.7. The van der Waals surface area contributed by atoms with Gasteiger partial charge in [-0.1, -0.05) is 103 Å². The molecule has 0 spiro atoms. The first-order chi connectivity index (χ1) is 17.6. The van der Waals surface area contributed by atoms with E-state index in [4.69, 9.17) is 5.73 Å². The maximum absolute atomic E-state index is 6.01. The topological polar surface area (TPSA) is 29.3 Å². The molecular formula is C34H48N2. The molecule has 0 amide bonds. The van der Waals surface area contributed by atoms with Crippen LogP contribution in [0.25, 0.3) is 0 Å². The first-order valence-electron chi connectivity index (χ1n) is 14.4. The molecule has 36 heavy (non-hydrogen) atoms. The molecule has 0 aliphatic heterocycles. The molecule has 3 aromatic carbocycles. The third-order valence-electron chi connectivity index (χ3n) is 7.68. The molecule has 2 unspecified atom stereocenters. The van der Waals surface area contributed by atoms with E-state index in [0.29, 0.717) is 0 Å². The van der Waals surface area contributed by atoms with Gasteiger partial charge in [-0.15, -0.1) is 0 Å². The Morgan fingerprint density at radius 1 is 0.556 bits per heavy atom. The molecule has 0 saturated heterocycles. The minimum absolute atomic E-state index is 0.779. The van der Waals surface area contributed by atoms with Gasteiger partial charge in [-0.05, 0) is 84.3 Å². The van der Waals surface area contributed by atoms with Crippen LogP contribution in [-0.4, -0.2) is 0 Å². The molecule has 0 aliphatic carbocycles. The predicted molar refractivity (Wildman–Crippen MR) is 160 cm³/mol. The Hall–Kier alpha value is -2.74. The number of benzene rings is 3. The largest absolute Gasteiger partial charge is 0.399 e. The highest BCUT2D eigenvalue weighted by Crippen LogP contribution is 2.35. The standard InChI is InChI=1S/C34H48N2/c1-5-9-11-27(7-3)25-29-13-19-32(20-14-29)36(34-23-17-31(35)18-24-34)33-21-15-30(16-22-33)26-28(8-4)12-10-6-2/h13-24,27-28H,5-12,25-26,35H2,1-4H3. The molecular weight excluding hydrogens is 436 g/mol. The maximum atomic E-state index is 6.01. The summed E-state index contributed by atoms with van der Waals surface area (Å²) in [7, 11) is 0. The third-order valence-corrected chi connectivity index (χ3v) is 7.68. The first-order valence-corrected chi connectivity index (χ1v) is 14.4. The number of nitrogens with zero attached hydrogens (tertiary/aromatic N) is 1. The van der Waals surface area contributed by atoms with E-state index >= 15 is 0 Å². The normalized spacial score (nSPS) is 12.9. The molecule has 3 aromatic rings. The highest BCUT2D eigenvalue weighted by Gasteiger charge is 2.14. The van der Waals surface area contributed by atoms with Gasteiger partial charge in [0.2, 0.25) is 0 Å². The summed E-state index contributed by atoms with van der Waals surface area (Å²) in [6.45, 7) is 9.23. The number of unbranched alkanes of at least 4 members (excludes halogenated alkanes) is 2. The third kappa shape index (κ3) is 8.15. The van der Waals surface area contributed by atoms with E-state index in [1.165, 1.54) is 86.7 Å². The lowest BCUT2D eigenvalue weighted by Gasteiger charge is -2.26. The fraction of sp³-hybridized carbons (Fsp3) is 0.471. The van der Waals surface area contributed by atoms with E-state index < -0.39 is 0 Å². The molecule has 2 N–H and O–H groups in total. The van der Waals surface area contributed by atoms with Gasteiger partial charge in [0.15, 0.2) is 0 Å². The summed E-state index contributed by atoms with van der Waals surface area (Å²) < 4.78 is 0. The highest BCUT2D eigenvalue weighted by atomic mass is 15.1. The van der Waals surface area contributed by atoms with Crippen molar-refractivity contribution in [2.45, 2.75) is 91.9 Å². The molecule has 194 valence electrons. The van der Waals surface area contributed by atoms with Gasteiger partial charge in [0, 0.05) is 22.7 Å². The zero-order valence-electron chi connectivity index (χ0n) is 23.2. The maximum Gasteiger partial charge on any atom is 0.0463 e. The van der Waals surface area contributed by atoms with Crippen molar-refractivity contribution in [3.63, 3.8) is 0 Å². The minimum Gasteiger partial charge on any atom is -0.399 e. The van der Waals surface area contributed by atoms with Gasteiger partial charge in [-0.25, -0.2) is 0 Å². The van der Waals surface area contributed by atoms with Crippen LogP contribution in [0.1, 0.15) is 90.2 Å². The average molecular weight is 485 g/mol. The summed E-state index contributed by atoms with van der Waals surface area (Å²) in [5.41, 5.74) is 13.2. The lowest BCUT2D eigenvalue weighted by atomic mass is 9.91. The summed E-state index contributed by atoms with van der Waals surface area (Å²) in [6.07, 6.45) is 12.7. The Kier molecular flexibility index (Phi) is 11.4. The molecule has 0 radical (unpaired) electrons. The van der Waals surface area contributed by atoms with E-state index in [2.05, 4.69) is 93.3 Å². The molecule has 2 nitrogen and oxygen atoms in total. The van der Waals surface area contributed by atoms with E-state index in [9.17, 15) is 0 Å². The molecule has 0 saturated carbocycles. The molecule has 0 aromatic heterocycles. The monoisotopic (exact) mass is 484 g/mol. The van der Waals surface area contributed by atoms with Crippen LogP contribution in [0, 0.1) is 11.8 Å². The number of anilines is 4. The predicted octanol–water partition coefficient (Wildman–Crippen LogP) is 10.3. The number of hydrogen-bond donors (Lipinski definition) is 1. The number of nitrogens with two attached hydrogens (primary N) is 1.